The van der Waals surface area contributed by atoms with Crippen molar-refractivity contribution in [3.63, 3.8) is 0 Å². The van der Waals surface area contributed by atoms with Gasteiger partial charge < -0.3 is 19.2 Å². The van der Waals surface area contributed by atoms with Crippen LogP contribution < -0.4 is 0 Å². The van der Waals surface area contributed by atoms with E-state index in [1.165, 1.54) is 6.26 Å². The topological polar surface area (TPSA) is 62.9 Å². The van der Waals surface area contributed by atoms with E-state index in [0.717, 1.165) is 5.56 Å². The number of rotatable bonds is 2. The van der Waals surface area contributed by atoms with Crippen molar-refractivity contribution in [1.82, 2.24) is 4.90 Å². The van der Waals surface area contributed by atoms with Crippen molar-refractivity contribution in [2.75, 3.05) is 26.3 Å². The first-order valence-electron chi connectivity index (χ1n) is 5.28. The molecule has 88 valence electrons. The van der Waals surface area contributed by atoms with E-state index < -0.39 is 0 Å². The Morgan fingerprint density at radius 1 is 1.69 bits per heavy atom. The van der Waals surface area contributed by atoms with Crippen LogP contribution in [0.4, 0.5) is 0 Å². The van der Waals surface area contributed by atoms with Crippen LogP contribution in [0.25, 0.3) is 0 Å². The fourth-order valence-corrected chi connectivity index (χ4v) is 1.75. The number of carbonyl (C=O) groups is 1. The molecule has 0 saturated carbocycles. The minimum Gasteiger partial charge on any atom is -0.459 e. The molecule has 1 unspecified atom stereocenters. The number of aryl methyl sites for hydroxylation is 1. The molecule has 5 nitrogen and oxygen atoms in total. The number of aliphatic hydroxyl groups is 1. The molecule has 0 aliphatic carbocycles. The molecule has 0 radical (unpaired) electrons. The third kappa shape index (κ3) is 2.10. The van der Waals surface area contributed by atoms with E-state index in [-0.39, 0.29) is 18.6 Å². The van der Waals surface area contributed by atoms with Crippen molar-refractivity contribution in [1.29, 1.82) is 0 Å². The SMILES string of the molecule is Cc1ccoc1C(=O)N1CCOC(CO)C1. The lowest BCUT2D eigenvalue weighted by atomic mass is 10.2. The lowest BCUT2D eigenvalue weighted by Gasteiger charge is -2.31. The number of nitrogens with zero attached hydrogens (tertiary/aromatic N) is 1. The Morgan fingerprint density at radius 2 is 2.50 bits per heavy atom. The maximum Gasteiger partial charge on any atom is 0.289 e. The molecule has 0 aromatic carbocycles. The number of ether oxygens (including phenoxy) is 1. The highest BCUT2D eigenvalue weighted by atomic mass is 16.5. The lowest BCUT2D eigenvalue weighted by Crippen LogP contribution is -2.46. The van der Waals surface area contributed by atoms with E-state index in [1.54, 1.807) is 11.0 Å². The molecule has 0 spiro atoms. The standard InChI is InChI=1S/C11H15NO4/c1-8-2-4-16-10(8)11(14)12-3-5-15-9(6-12)7-13/h2,4,9,13H,3,5-7H2,1H3. The molecule has 1 aliphatic heterocycles. The summed E-state index contributed by atoms with van der Waals surface area (Å²) in [6.45, 7) is 3.17. The zero-order valence-electron chi connectivity index (χ0n) is 9.18. The van der Waals surface area contributed by atoms with Crippen LogP contribution in [0.1, 0.15) is 16.1 Å². The molecule has 2 rings (SSSR count). The molecule has 16 heavy (non-hydrogen) atoms. The number of carbonyl (C=O) groups excluding carboxylic acids is 1. The number of hydrogen-bond acceptors (Lipinski definition) is 4. The monoisotopic (exact) mass is 225 g/mol. The summed E-state index contributed by atoms with van der Waals surface area (Å²) in [4.78, 5) is 13.7. The molecule has 1 aromatic heterocycles. The molecule has 0 bridgehead atoms. The minimum atomic E-state index is -0.284. The number of aliphatic hydroxyl groups excluding tert-OH is 1. The largest absolute Gasteiger partial charge is 0.459 e. The molecule has 1 fully saturated rings. The normalized spacial score (nSPS) is 21.1. The smallest absolute Gasteiger partial charge is 0.289 e. The van der Waals surface area contributed by atoms with Crippen LogP contribution in [0.15, 0.2) is 16.7 Å². The van der Waals surface area contributed by atoms with Crippen LogP contribution in [0.3, 0.4) is 0 Å². The predicted molar refractivity (Wildman–Crippen MR) is 56.2 cm³/mol. The van der Waals surface area contributed by atoms with Crippen LogP contribution in [0.2, 0.25) is 0 Å². The van der Waals surface area contributed by atoms with Gasteiger partial charge in [-0.15, -0.1) is 0 Å². The highest BCUT2D eigenvalue weighted by Crippen LogP contribution is 2.14. The van der Waals surface area contributed by atoms with Gasteiger partial charge in [-0.25, -0.2) is 0 Å². The molecule has 1 aromatic rings. The van der Waals surface area contributed by atoms with Gasteiger partial charge in [-0.3, -0.25) is 4.79 Å². The summed E-state index contributed by atoms with van der Waals surface area (Å²) >= 11 is 0. The summed E-state index contributed by atoms with van der Waals surface area (Å²) in [7, 11) is 0. The first kappa shape index (κ1) is 11.2. The average molecular weight is 225 g/mol. The number of hydrogen-bond donors (Lipinski definition) is 1. The fourth-order valence-electron chi connectivity index (χ4n) is 1.75. The van der Waals surface area contributed by atoms with E-state index in [2.05, 4.69) is 0 Å². The van der Waals surface area contributed by atoms with Gasteiger partial charge in [0.2, 0.25) is 0 Å². The van der Waals surface area contributed by atoms with Crippen molar-refractivity contribution < 1.29 is 19.1 Å². The second-order valence-electron chi connectivity index (χ2n) is 3.86. The summed E-state index contributed by atoms with van der Waals surface area (Å²) in [6, 6.07) is 1.76. The number of amides is 1. The van der Waals surface area contributed by atoms with Crippen molar-refractivity contribution in [2.45, 2.75) is 13.0 Å². The molecule has 1 atom stereocenters. The molecular formula is C11H15NO4. The van der Waals surface area contributed by atoms with Crippen molar-refractivity contribution in [2.24, 2.45) is 0 Å². The minimum absolute atomic E-state index is 0.0685. The van der Waals surface area contributed by atoms with Gasteiger partial charge in [-0.1, -0.05) is 0 Å². The highest BCUT2D eigenvalue weighted by Gasteiger charge is 2.26. The van der Waals surface area contributed by atoms with Gasteiger partial charge in [0.05, 0.1) is 25.6 Å². The van der Waals surface area contributed by atoms with Crippen molar-refractivity contribution in [3.8, 4) is 0 Å². The first-order chi connectivity index (χ1) is 7.72. The van der Waals surface area contributed by atoms with Crippen LogP contribution in [0.5, 0.6) is 0 Å². The average Bonchev–Trinajstić information content (AvgIpc) is 2.74. The van der Waals surface area contributed by atoms with Crippen LogP contribution >= 0.6 is 0 Å². The van der Waals surface area contributed by atoms with Gasteiger partial charge in [-0.05, 0) is 13.0 Å². The van der Waals surface area contributed by atoms with Crippen molar-refractivity contribution >= 4 is 5.91 Å². The van der Waals surface area contributed by atoms with Crippen LogP contribution in [-0.2, 0) is 4.74 Å². The van der Waals surface area contributed by atoms with Gasteiger partial charge in [0.1, 0.15) is 0 Å². The van der Waals surface area contributed by atoms with Gasteiger partial charge >= 0.3 is 0 Å². The zero-order valence-corrected chi connectivity index (χ0v) is 9.18. The van der Waals surface area contributed by atoms with E-state index in [9.17, 15) is 4.79 Å². The second kappa shape index (κ2) is 4.67. The zero-order chi connectivity index (χ0) is 11.5. The Labute approximate surface area is 93.6 Å². The Morgan fingerprint density at radius 3 is 3.12 bits per heavy atom. The summed E-state index contributed by atoms with van der Waals surface area (Å²) in [5, 5.41) is 8.99. The highest BCUT2D eigenvalue weighted by molar-refractivity contribution is 5.92. The summed E-state index contributed by atoms with van der Waals surface area (Å²) in [5.74, 6) is 0.239. The number of furan rings is 1. The predicted octanol–water partition coefficient (Wildman–Crippen LogP) is 0.421. The molecular weight excluding hydrogens is 210 g/mol. The molecule has 1 N–H and O–H groups in total. The van der Waals surface area contributed by atoms with E-state index in [0.29, 0.717) is 25.5 Å². The molecule has 1 saturated heterocycles. The fraction of sp³-hybridized carbons (Fsp3) is 0.545. The third-order valence-electron chi connectivity index (χ3n) is 2.69. The second-order valence-corrected chi connectivity index (χ2v) is 3.86. The number of morpholine rings is 1. The molecule has 5 heteroatoms. The molecule has 2 heterocycles. The maximum atomic E-state index is 12.0. The van der Waals surface area contributed by atoms with Gasteiger partial charge in [0.25, 0.3) is 5.91 Å². The Balaban J connectivity index is 2.07. The summed E-state index contributed by atoms with van der Waals surface area (Å²) in [6.07, 6.45) is 1.22. The van der Waals surface area contributed by atoms with Crippen LogP contribution in [0, 0.1) is 6.92 Å². The Kier molecular flexibility index (Phi) is 3.26. The van der Waals surface area contributed by atoms with Gasteiger partial charge in [0.15, 0.2) is 5.76 Å². The Bertz CT molecular complexity index is 374. The van der Waals surface area contributed by atoms with Gasteiger partial charge in [0, 0.05) is 18.7 Å². The van der Waals surface area contributed by atoms with E-state index in [1.807, 2.05) is 6.92 Å². The third-order valence-corrected chi connectivity index (χ3v) is 2.69. The first-order valence-corrected chi connectivity index (χ1v) is 5.28. The molecule has 1 amide bonds. The van der Waals surface area contributed by atoms with E-state index in [4.69, 9.17) is 14.3 Å². The quantitative estimate of drug-likeness (QED) is 0.792. The summed E-state index contributed by atoms with van der Waals surface area (Å²) < 4.78 is 10.4. The maximum absolute atomic E-state index is 12.0. The Hall–Kier alpha value is -1.33. The van der Waals surface area contributed by atoms with Crippen molar-refractivity contribution in [3.05, 3.63) is 23.7 Å². The van der Waals surface area contributed by atoms with Gasteiger partial charge in [-0.2, -0.15) is 0 Å². The van der Waals surface area contributed by atoms with E-state index >= 15 is 0 Å². The summed E-state index contributed by atoms with van der Waals surface area (Å²) in [5.41, 5.74) is 0.831. The molecule has 1 aliphatic rings. The lowest BCUT2D eigenvalue weighted by molar-refractivity contribution is -0.0454. The van der Waals surface area contributed by atoms with Crippen LogP contribution in [-0.4, -0.2) is 48.3 Å².